The first-order chi connectivity index (χ1) is 26.4. The number of hydrogen-bond donors (Lipinski definition) is 0. The van der Waals surface area contributed by atoms with E-state index in [1.807, 2.05) is 0 Å². The van der Waals surface area contributed by atoms with E-state index in [1.54, 1.807) is 0 Å². The minimum Gasteiger partial charge on any atom is -0.425 e. The summed E-state index contributed by atoms with van der Waals surface area (Å²) in [7, 11) is 0. The molecular weight excluding hydrogens is 680 g/mol. The van der Waals surface area contributed by atoms with Crippen molar-refractivity contribution < 1.29 is 38.4 Å². The number of ether oxygens (including phenoxy) is 2. The maximum absolute atomic E-state index is 12.6. The van der Waals surface area contributed by atoms with Crippen LogP contribution in [0.25, 0.3) is 0 Å². The van der Waals surface area contributed by atoms with E-state index in [2.05, 4.69) is 20.8 Å². The normalized spacial score (nSPS) is 11.7. The Morgan fingerprint density at radius 3 is 0.796 bits per heavy atom. The van der Waals surface area contributed by atoms with E-state index in [9.17, 15) is 19.2 Å². The lowest BCUT2D eigenvalue weighted by molar-refractivity contribution is -0.259. The van der Waals surface area contributed by atoms with Crippen molar-refractivity contribution in [3.05, 3.63) is 0 Å². The van der Waals surface area contributed by atoms with Crippen LogP contribution in [0.5, 0.6) is 0 Å². The zero-order valence-corrected chi connectivity index (χ0v) is 35.7. The predicted molar refractivity (Wildman–Crippen MR) is 221 cm³/mol. The molecule has 0 heterocycles. The van der Waals surface area contributed by atoms with E-state index in [0.717, 1.165) is 116 Å². The van der Waals surface area contributed by atoms with E-state index in [-0.39, 0.29) is 18.4 Å². The van der Waals surface area contributed by atoms with Gasteiger partial charge in [-0.25, -0.2) is 19.4 Å². The van der Waals surface area contributed by atoms with E-state index in [0.29, 0.717) is 25.7 Å². The number of esters is 2. The van der Waals surface area contributed by atoms with E-state index in [4.69, 9.17) is 19.2 Å². The van der Waals surface area contributed by atoms with Crippen molar-refractivity contribution >= 4 is 23.9 Å². The number of unbranched alkanes of at least 4 members (excludes halogenated alkanes) is 29. The lowest BCUT2D eigenvalue weighted by Gasteiger charge is -2.18. The quantitative estimate of drug-likeness (QED) is 0.0199. The van der Waals surface area contributed by atoms with Gasteiger partial charge in [-0.3, -0.25) is 9.59 Å². The van der Waals surface area contributed by atoms with Gasteiger partial charge < -0.3 is 9.47 Å². The molecule has 0 N–H and O–H groups in total. The van der Waals surface area contributed by atoms with Crippen molar-refractivity contribution in [1.82, 2.24) is 0 Å². The molecule has 0 spiro atoms. The first-order valence-corrected chi connectivity index (χ1v) is 23.2. The van der Waals surface area contributed by atoms with Gasteiger partial charge in [0.1, 0.15) is 0 Å². The highest BCUT2D eigenvalue weighted by Crippen LogP contribution is 2.17. The van der Waals surface area contributed by atoms with Crippen molar-refractivity contribution in [1.29, 1.82) is 0 Å². The molecule has 0 aromatic carbocycles. The summed E-state index contributed by atoms with van der Waals surface area (Å²) in [5.41, 5.74) is 0. The van der Waals surface area contributed by atoms with Crippen molar-refractivity contribution in [2.45, 2.75) is 271 Å². The Labute approximate surface area is 332 Å². The molecule has 8 heteroatoms. The van der Waals surface area contributed by atoms with Crippen molar-refractivity contribution in [2.24, 2.45) is 0 Å². The topological polar surface area (TPSA) is 105 Å². The van der Waals surface area contributed by atoms with Crippen molar-refractivity contribution in [3.8, 4) is 0 Å². The molecule has 0 aromatic heterocycles. The highest BCUT2D eigenvalue weighted by Gasteiger charge is 2.19. The summed E-state index contributed by atoms with van der Waals surface area (Å²) in [6.07, 6.45) is 38.1. The monoisotopic (exact) mass is 767 g/mol. The number of carbonyl (C=O) groups is 4. The van der Waals surface area contributed by atoms with Crippen LogP contribution >= 0.6 is 0 Å². The summed E-state index contributed by atoms with van der Waals surface area (Å²) in [5.74, 6) is -1.45. The van der Waals surface area contributed by atoms with Crippen LogP contribution < -0.4 is 0 Å². The molecule has 0 saturated heterocycles. The lowest BCUT2D eigenvalue weighted by Crippen LogP contribution is -2.24. The van der Waals surface area contributed by atoms with Gasteiger partial charge in [-0.15, -0.1) is 0 Å². The van der Waals surface area contributed by atoms with Crippen LogP contribution in [-0.2, 0) is 38.4 Å². The molecule has 0 aliphatic heterocycles. The minimum absolute atomic E-state index is 0.256. The van der Waals surface area contributed by atoms with Crippen molar-refractivity contribution in [3.63, 3.8) is 0 Å². The Kier molecular flexibility index (Phi) is 40.4. The molecular formula is C46H86O8. The third kappa shape index (κ3) is 39.6. The molecule has 54 heavy (non-hydrogen) atoms. The molecule has 0 aliphatic carbocycles. The summed E-state index contributed by atoms with van der Waals surface area (Å²) in [6.45, 7) is 6.66. The van der Waals surface area contributed by atoms with Gasteiger partial charge in [0.15, 0.2) is 0 Å². The van der Waals surface area contributed by atoms with Crippen molar-refractivity contribution in [2.75, 3.05) is 0 Å². The molecule has 8 nitrogen and oxygen atoms in total. The van der Waals surface area contributed by atoms with Crippen LogP contribution in [0.2, 0.25) is 0 Å². The zero-order valence-electron chi connectivity index (χ0n) is 35.7. The van der Waals surface area contributed by atoms with Crippen LogP contribution in [0.3, 0.4) is 0 Å². The Morgan fingerprint density at radius 2 is 0.519 bits per heavy atom. The second kappa shape index (κ2) is 42.0. The number of rotatable bonds is 41. The van der Waals surface area contributed by atoms with Gasteiger partial charge in [-0.05, 0) is 32.1 Å². The molecule has 0 saturated carbocycles. The van der Waals surface area contributed by atoms with Gasteiger partial charge in [0, 0.05) is 19.3 Å². The maximum Gasteiger partial charge on any atom is 0.355 e. The predicted octanol–water partition coefficient (Wildman–Crippen LogP) is 14.3. The third-order valence-electron chi connectivity index (χ3n) is 10.3. The summed E-state index contributed by atoms with van der Waals surface area (Å²) < 4.78 is 11.4. The second-order valence-corrected chi connectivity index (χ2v) is 15.7. The van der Waals surface area contributed by atoms with Gasteiger partial charge in [0.2, 0.25) is 6.29 Å². The second-order valence-electron chi connectivity index (χ2n) is 15.7. The van der Waals surface area contributed by atoms with Crippen LogP contribution in [0.1, 0.15) is 265 Å². The maximum atomic E-state index is 12.6. The summed E-state index contributed by atoms with van der Waals surface area (Å²) in [4.78, 5) is 58.4. The first-order valence-electron chi connectivity index (χ1n) is 23.2. The standard InChI is InChI=1S/C46H86O8/c1-4-7-10-13-16-19-24-29-34-39-44(49)53-54-45(50)40-35-30-25-20-18-21-26-31-36-41-46(51-42(47)37-32-27-22-15-12-9-6-3)52-43(48)38-33-28-23-17-14-11-8-5-2/h46H,4-41H2,1-3H3. The molecule has 318 valence electrons. The Hall–Kier alpha value is -2.12. The number of hydrogen-bond acceptors (Lipinski definition) is 8. The fourth-order valence-corrected chi connectivity index (χ4v) is 6.76. The van der Waals surface area contributed by atoms with E-state index in [1.165, 1.54) is 96.3 Å². The molecule has 0 amide bonds. The molecule has 0 aliphatic rings. The number of carbonyl (C=O) groups excluding carboxylic acids is 4. The van der Waals surface area contributed by atoms with Crippen LogP contribution in [0.15, 0.2) is 0 Å². The van der Waals surface area contributed by atoms with Gasteiger partial charge in [-0.1, -0.05) is 201 Å². The zero-order chi connectivity index (χ0) is 39.6. The van der Waals surface area contributed by atoms with Gasteiger partial charge in [0.25, 0.3) is 0 Å². The van der Waals surface area contributed by atoms with Crippen LogP contribution in [0, 0.1) is 0 Å². The molecule has 0 radical (unpaired) electrons. The lowest BCUT2D eigenvalue weighted by atomic mass is 10.1. The highest BCUT2D eigenvalue weighted by molar-refractivity contribution is 5.73. The summed E-state index contributed by atoms with van der Waals surface area (Å²) in [6, 6.07) is 0. The Bertz CT molecular complexity index is 860. The molecule has 1 atom stereocenters. The van der Waals surface area contributed by atoms with Gasteiger partial charge >= 0.3 is 23.9 Å². The molecule has 0 bridgehead atoms. The highest BCUT2D eigenvalue weighted by atomic mass is 17.2. The molecule has 1 unspecified atom stereocenters. The third-order valence-corrected chi connectivity index (χ3v) is 10.3. The summed E-state index contributed by atoms with van der Waals surface area (Å²) in [5, 5.41) is 0. The minimum atomic E-state index is -0.779. The fourth-order valence-electron chi connectivity index (χ4n) is 6.76. The summed E-state index contributed by atoms with van der Waals surface area (Å²) >= 11 is 0. The SMILES string of the molecule is CCCCCCCCCCCC(=O)OOC(=O)CCCCCCCCCCCC(OC(=O)CCCCCCCCC)OC(=O)CCCCCCCCCC. The fraction of sp³-hybridized carbons (Fsp3) is 0.913. The average molecular weight is 767 g/mol. The van der Waals surface area contributed by atoms with E-state index < -0.39 is 18.2 Å². The smallest absolute Gasteiger partial charge is 0.355 e. The van der Waals surface area contributed by atoms with E-state index >= 15 is 0 Å². The van der Waals surface area contributed by atoms with Crippen LogP contribution in [0.4, 0.5) is 0 Å². The van der Waals surface area contributed by atoms with Gasteiger partial charge in [-0.2, -0.15) is 0 Å². The Balaban J connectivity index is 4.06. The first kappa shape index (κ1) is 51.9. The molecule has 0 fully saturated rings. The largest absolute Gasteiger partial charge is 0.425 e. The Morgan fingerprint density at radius 1 is 0.296 bits per heavy atom. The van der Waals surface area contributed by atoms with Crippen LogP contribution in [-0.4, -0.2) is 30.2 Å². The molecule has 0 aromatic rings. The molecule has 0 rings (SSSR count). The average Bonchev–Trinajstić information content (AvgIpc) is 3.16. The van der Waals surface area contributed by atoms with Gasteiger partial charge in [0.05, 0.1) is 12.8 Å².